The Balaban J connectivity index is 2.21. The minimum Gasteiger partial charge on any atom is -0.274 e. The molecule has 0 saturated carbocycles. The first-order chi connectivity index (χ1) is 8.88. The summed E-state index contributed by atoms with van der Waals surface area (Å²) in [5.74, 6) is 0. The third kappa shape index (κ3) is 3.43. The highest BCUT2D eigenvalue weighted by Crippen LogP contribution is 2.20. The summed E-state index contributed by atoms with van der Waals surface area (Å²) in [6.45, 7) is 1.80. The number of aryl methyl sites for hydroxylation is 1. The van der Waals surface area contributed by atoms with Crippen LogP contribution in [0.5, 0.6) is 0 Å². The Kier molecular flexibility index (Phi) is 4.07. The van der Waals surface area contributed by atoms with Gasteiger partial charge in [-0.2, -0.15) is 5.10 Å². The Morgan fingerprint density at radius 1 is 1.42 bits per heavy atom. The predicted molar refractivity (Wildman–Crippen MR) is 76.1 cm³/mol. The van der Waals surface area contributed by atoms with Crippen molar-refractivity contribution in [3.05, 3.63) is 46.7 Å². The van der Waals surface area contributed by atoms with Crippen molar-refractivity contribution in [3.63, 3.8) is 0 Å². The molecule has 0 saturated heterocycles. The van der Waals surface area contributed by atoms with E-state index in [9.17, 15) is 8.42 Å². The van der Waals surface area contributed by atoms with Gasteiger partial charge in [-0.15, -0.1) is 0 Å². The standard InChI is InChI=1S/C12H14BrN3O2S/c1-9(10-4-3-5-11(13)6-10)15-19(17,18)12-7-14-16(2)8-12/h3-9,15H,1-2H3. The van der Waals surface area contributed by atoms with Gasteiger partial charge in [0.2, 0.25) is 10.0 Å². The molecule has 1 atom stereocenters. The quantitative estimate of drug-likeness (QED) is 0.925. The van der Waals surface area contributed by atoms with Gasteiger partial charge in [-0.3, -0.25) is 4.68 Å². The number of hydrogen-bond acceptors (Lipinski definition) is 3. The summed E-state index contributed by atoms with van der Waals surface area (Å²) in [6, 6.07) is 7.21. The zero-order valence-corrected chi connectivity index (χ0v) is 12.9. The van der Waals surface area contributed by atoms with E-state index in [1.165, 1.54) is 17.1 Å². The molecule has 0 fully saturated rings. The van der Waals surface area contributed by atoms with Crippen LogP contribution >= 0.6 is 15.9 Å². The summed E-state index contributed by atoms with van der Waals surface area (Å²) in [7, 11) is -1.87. The highest BCUT2D eigenvalue weighted by Gasteiger charge is 2.19. The van der Waals surface area contributed by atoms with Crippen LogP contribution in [0, 0.1) is 0 Å². The van der Waals surface area contributed by atoms with Gasteiger partial charge in [-0.1, -0.05) is 28.1 Å². The molecule has 19 heavy (non-hydrogen) atoms. The molecular weight excluding hydrogens is 330 g/mol. The molecule has 0 aliphatic carbocycles. The first-order valence-electron chi connectivity index (χ1n) is 5.65. The van der Waals surface area contributed by atoms with E-state index in [-0.39, 0.29) is 10.9 Å². The topological polar surface area (TPSA) is 64.0 Å². The SMILES string of the molecule is CC(NS(=O)(=O)c1cnn(C)c1)c1cccc(Br)c1. The number of rotatable bonds is 4. The van der Waals surface area contributed by atoms with E-state index in [0.29, 0.717) is 0 Å². The Hall–Kier alpha value is -1.18. The Morgan fingerprint density at radius 3 is 2.74 bits per heavy atom. The van der Waals surface area contributed by atoms with E-state index in [1.54, 1.807) is 14.0 Å². The number of nitrogens with one attached hydrogen (secondary N) is 1. The van der Waals surface area contributed by atoms with E-state index in [0.717, 1.165) is 10.0 Å². The molecule has 1 heterocycles. The molecule has 102 valence electrons. The van der Waals surface area contributed by atoms with Crippen LogP contribution in [0.3, 0.4) is 0 Å². The average molecular weight is 344 g/mol. The molecule has 7 heteroatoms. The average Bonchev–Trinajstić information content (AvgIpc) is 2.76. The van der Waals surface area contributed by atoms with E-state index >= 15 is 0 Å². The van der Waals surface area contributed by atoms with Gasteiger partial charge in [0.15, 0.2) is 0 Å². The van der Waals surface area contributed by atoms with Crippen LogP contribution in [0.4, 0.5) is 0 Å². The number of sulfonamides is 1. The molecule has 1 N–H and O–H groups in total. The van der Waals surface area contributed by atoms with Crippen molar-refractivity contribution in [2.75, 3.05) is 0 Å². The molecule has 5 nitrogen and oxygen atoms in total. The fraction of sp³-hybridized carbons (Fsp3) is 0.250. The number of hydrogen-bond donors (Lipinski definition) is 1. The van der Waals surface area contributed by atoms with E-state index in [4.69, 9.17) is 0 Å². The van der Waals surface area contributed by atoms with Crippen LogP contribution in [-0.2, 0) is 17.1 Å². The summed E-state index contributed by atoms with van der Waals surface area (Å²) >= 11 is 3.37. The Morgan fingerprint density at radius 2 is 2.16 bits per heavy atom. The molecule has 0 aliphatic rings. The molecule has 1 aromatic heterocycles. The highest BCUT2D eigenvalue weighted by atomic mass is 79.9. The Labute approximate surface area is 120 Å². The maximum absolute atomic E-state index is 12.1. The fourth-order valence-electron chi connectivity index (χ4n) is 1.68. The number of benzene rings is 1. The van der Waals surface area contributed by atoms with Gasteiger partial charge in [0.1, 0.15) is 4.90 Å². The maximum atomic E-state index is 12.1. The normalized spacial score (nSPS) is 13.4. The van der Waals surface area contributed by atoms with Gasteiger partial charge >= 0.3 is 0 Å². The lowest BCUT2D eigenvalue weighted by Gasteiger charge is -2.14. The van der Waals surface area contributed by atoms with Crippen molar-refractivity contribution in [1.29, 1.82) is 0 Å². The third-order valence-electron chi connectivity index (χ3n) is 2.67. The van der Waals surface area contributed by atoms with Crippen LogP contribution in [0.1, 0.15) is 18.5 Å². The summed E-state index contributed by atoms with van der Waals surface area (Å²) in [5.41, 5.74) is 0.891. The molecule has 0 radical (unpaired) electrons. The summed E-state index contributed by atoms with van der Waals surface area (Å²) in [4.78, 5) is 0.164. The van der Waals surface area contributed by atoms with Crippen molar-refractivity contribution in [2.45, 2.75) is 17.9 Å². The second-order valence-electron chi connectivity index (χ2n) is 4.25. The van der Waals surface area contributed by atoms with Crippen molar-refractivity contribution >= 4 is 26.0 Å². The van der Waals surface area contributed by atoms with E-state index in [1.807, 2.05) is 24.3 Å². The van der Waals surface area contributed by atoms with Gasteiger partial charge in [0.25, 0.3) is 0 Å². The number of nitrogens with zero attached hydrogens (tertiary/aromatic N) is 2. The molecular formula is C12H14BrN3O2S. The van der Waals surface area contributed by atoms with Crippen LogP contribution in [-0.4, -0.2) is 18.2 Å². The lowest BCUT2D eigenvalue weighted by molar-refractivity contribution is 0.566. The molecule has 1 unspecified atom stereocenters. The first kappa shape index (κ1) is 14.2. The number of halogens is 1. The van der Waals surface area contributed by atoms with Crippen LogP contribution < -0.4 is 4.72 Å². The van der Waals surface area contributed by atoms with Gasteiger partial charge in [0, 0.05) is 23.8 Å². The molecule has 0 spiro atoms. The Bertz CT molecular complexity index is 682. The van der Waals surface area contributed by atoms with Gasteiger partial charge in [-0.25, -0.2) is 13.1 Å². The molecule has 2 rings (SSSR count). The van der Waals surface area contributed by atoms with Gasteiger partial charge < -0.3 is 0 Å². The van der Waals surface area contributed by atoms with Crippen LogP contribution in [0.2, 0.25) is 0 Å². The smallest absolute Gasteiger partial charge is 0.244 e. The van der Waals surface area contributed by atoms with Crippen molar-refractivity contribution in [1.82, 2.24) is 14.5 Å². The molecule has 0 bridgehead atoms. The largest absolute Gasteiger partial charge is 0.274 e. The predicted octanol–water partition coefficient (Wildman–Crippen LogP) is 2.22. The fourth-order valence-corrected chi connectivity index (χ4v) is 3.31. The van der Waals surface area contributed by atoms with Crippen molar-refractivity contribution in [2.24, 2.45) is 7.05 Å². The highest BCUT2D eigenvalue weighted by molar-refractivity contribution is 9.10. The lowest BCUT2D eigenvalue weighted by atomic mass is 10.1. The van der Waals surface area contributed by atoms with Crippen LogP contribution in [0.25, 0.3) is 0 Å². The summed E-state index contributed by atoms with van der Waals surface area (Å²) < 4.78 is 29.3. The molecule has 1 aromatic carbocycles. The minimum atomic E-state index is -3.55. The monoisotopic (exact) mass is 343 g/mol. The van der Waals surface area contributed by atoms with Crippen LogP contribution in [0.15, 0.2) is 46.0 Å². The van der Waals surface area contributed by atoms with E-state index in [2.05, 4.69) is 25.8 Å². The first-order valence-corrected chi connectivity index (χ1v) is 7.92. The van der Waals surface area contributed by atoms with Gasteiger partial charge in [-0.05, 0) is 24.6 Å². The minimum absolute atomic E-state index is 0.164. The number of aromatic nitrogens is 2. The maximum Gasteiger partial charge on any atom is 0.244 e. The van der Waals surface area contributed by atoms with E-state index < -0.39 is 10.0 Å². The van der Waals surface area contributed by atoms with Crippen molar-refractivity contribution in [3.8, 4) is 0 Å². The lowest BCUT2D eigenvalue weighted by Crippen LogP contribution is -2.26. The molecule has 0 amide bonds. The summed E-state index contributed by atoms with van der Waals surface area (Å²) in [6.07, 6.45) is 2.80. The second-order valence-corrected chi connectivity index (χ2v) is 6.88. The zero-order chi connectivity index (χ0) is 14.0. The van der Waals surface area contributed by atoms with Gasteiger partial charge in [0.05, 0.1) is 6.20 Å². The molecule has 0 aliphatic heterocycles. The second kappa shape index (κ2) is 5.44. The molecule has 2 aromatic rings. The van der Waals surface area contributed by atoms with Crippen molar-refractivity contribution < 1.29 is 8.42 Å². The zero-order valence-electron chi connectivity index (χ0n) is 10.5. The summed E-state index contributed by atoms with van der Waals surface area (Å²) in [5, 5.41) is 3.87. The third-order valence-corrected chi connectivity index (χ3v) is 4.66.